The topological polar surface area (TPSA) is 64.0 Å². The van der Waals surface area contributed by atoms with Crippen molar-refractivity contribution in [2.75, 3.05) is 18.7 Å². The van der Waals surface area contributed by atoms with Gasteiger partial charge in [0.1, 0.15) is 11.5 Å². The van der Waals surface area contributed by atoms with Crippen molar-refractivity contribution in [1.82, 2.24) is 4.98 Å². The van der Waals surface area contributed by atoms with E-state index in [-0.39, 0.29) is 5.91 Å². The maximum Gasteiger partial charge on any atom is 0.280 e. The molecule has 8 heteroatoms. The molecule has 0 aliphatic carbocycles. The van der Waals surface area contributed by atoms with Crippen LogP contribution in [-0.2, 0) is 0 Å². The Labute approximate surface area is 198 Å². The molecule has 0 atom stereocenters. The first kappa shape index (κ1) is 22.0. The van der Waals surface area contributed by atoms with Crippen LogP contribution in [0.5, 0.6) is 11.5 Å². The highest BCUT2D eigenvalue weighted by Crippen LogP contribution is 2.32. The molecule has 0 spiro atoms. The zero-order chi connectivity index (χ0) is 22.5. The number of halogens is 1. The minimum Gasteiger partial charge on any atom is -0.497 e. The summed E-state index contributed by atoms with van der Waals surface area (Å²) in [6.45, 7) is 2.54. The van der Waals surface area contributed by atoms with Crippen LogP contribution in [0.25, 0.3) is 10.2 Å². The van der Waals surface area contributed by atoms with Crippen molar-refractivity contribution in [2.24, 2.45) is 5.10 Å². The number of carbonyl (C=O) groups excluding carboxylic acids is 1. The standard InChI is InChI=1S/C24H20BrN3O3S/c1-3-31-20-9-4-16(5-10-20)15-26-28(23(29)17-6-11-19(30-2)12-7-17)24-27-21-13-8-18(25)14-22(21)32-24/h4-15H,3H2,1-2H3/b26-15+. The Morgan fingerprint density at radius 1 is 1.09 bits per heavy atom. The molecule has 0 aliphatic heterocycles. The molecule has 3 aromatic carbocycles. The summed E-state index contributed by atoms with van der Waals surface area (Å²) in [5, 5.41) is 6.32. The minimum absolute atomic E-state index is 0.284. The lowest BCUT2D eigenvalue weighted by molar-refractivity contribution is 0.0988. The summed E-state index contributed by atoms with van der Waals surface area (Å²) in [5.74, 6) is 1.18. The van der Waals surface area contributed by atoms with Crippen LogP contribution in [-0.4, -0.2) is 30.8 Å². The van der Waals surface area contributed by atoms with Gasteiger partial charge < -0.3 is 9.47 Å². The maximum absolute atomic E-state index is 13.4. The number of hydrogen-bond acceptors (Lipinski definition) is 6. The van der Waals surface area contributed by atoms with Gasteiger partial charge in [0.15, 0.2) is 0 Å². The van der Waals surface area contributed by atoms with Gasteiger partial charge in [-0.3, -0.25) is 4.79 Å². The number of hydrogen-bond donors (Lipinski definition) is 0. The van der Waals surface area contributed by atoms with Crippen molar-refractivity contribution >= 4 is 54.7 Å². The van der Waals surface area contributed by atoms with Crippen LogP contribution in [0.2, 0.25) is 0 Å². The average molecular weight is 510 g/mol. The molecule has 0 aliphatic rings. The van der Waals surface area contributed by atoms with E-state index in [2.05, 4.69) is 26.0 Å². The highest BCUT2D eigenvalue weighted by Gasteiger charge is 2.21. The van der Waals surface area contributed by atoms with E-state index in [9.17, 15) is 4.79 Å². The summed E-state index contributed by atoms with van der Waals surface area (Å²) >= 11 is 4.88. The molecule has 0 fully saturated rings. The third kappa shape index (κ3) is 4.98. The quantitative estimate of drug-likeness (QED) is 0.221. The van der Waals surface area contributed by atoms with E-state index in [1.165, 1.54) is 16.3 Å². The smallest absolute Gasteiger partial charge is 0.280 e. The van der Waals surface area contributed by atoms with Crippen LogP contribution in [0.1, 0.15) is 22.8 Å². The Kier molecular flexibility index (Phi) is 6.82. The van der Waals surface area contributed by atoms with E-state index in [1.54, 1.807) is 37.6 Å². The second kappa shape index (κ2) is 9.93. The lowest BCUT2D eigenvalue weighted by Crippen LogP contribution is -2.25. The Hall–Kier alpha value is -3.23. The van der Waals surface area contributed by atoms with E-state index in [4.69, 9.17) is 9.47 Å². The summed E-state index contributed by atoms with van der Waals surface area (Å²) in [6, 6.07) is 20.2. The Bertz CT molecular complexity index is 1250. The van der Waals surface area contributed by atoms with Gasteiger partial charge in [0.2, 0.25) is 5.13 Å². The number of thiazole rings is 1. The Morgan fingerprint density at radius 2 is 1.81 bits per heavy atom. The van der Waals surface area contributed by atoms with Gasteiger partial charge in [-0.1, -0.05) is 27.3 Å². The zero-order valence-electron chi connectivity index (χ0n) is 17.5. The highest BCUT2D eigenvalue weighted by molar-refractivity contribution is 9.10. The molecule has 1 heterocycles. The first-order chi connectivity index (χ1) is 15.6. The highest BCUT2D eigenvalue weighted by atomic mass is 79.9. The minimum atomic E-state index is -0.284. The first-order valence-corrected chi connectivity index (χ1v) is 11.5. The molecule has 0 bridgehead atoms. The fourth-order valence-corrected chi connectivity index (χ4v) is 4.44. The largest absolute Gasteiger partial charge is 0.497 e. The SMILES string of the molecule is CCOc1ccc(/C=N/N(C(=O)c2ccc(OC)cc2)c2nc3ccc(Br)cc3s2)cc1. The Morgan fingerprint density at radius 3 is 2.50 bits per heavy atom. The van der Waals surface area contributed by atoms with E-state index in [1.807, 2.05) is 49.4 Å². The number of rotatable bonds is 7. The number of amides is 1. The first-order valence-electron chi connectivity index (χ1n) is 9.89. The Balaban J connectivity index is 1.69. The van der Waals surface area contributed by atoms with Crippen LogP contribution in [0.3, 0.4) is 0 Å². The van der Waals surface area contributed by atoms with Crippen molar-refractivity contribution in [1.29, 1.82) is 0 Å². The normalized spacial score (nSPS) is 11.1. The summed E-state index contributed by atoms with van der Waals surface area (Å²) < 4.78 is 12.6. The average Bonchev–Trinajstić information content (AvgIpc) is 3.23. The van der Waals surface area contributed by atoms with Gasteiger partial charge in [-0.25, -0.2) is 4.98 Å². The monoisotopic (exact) mass is 509 g/mol. The molecule has 1 amide bonds. The number of anilines is 1. The van der Waals surface area contributed by atoms with Crippen molar-refractivity contribution in [2.45, 2.75) is 6.92 Å². The summed E-state index contributed by atoms with van der Waals surface area (Å²) in [5.41, 5.74) is 2.12. The number of methoxy groups -OCH3 is 1. The van der Waals surface area contributed by atoms with Gasteiger partial charge in [0, 0.05) is 10.0 Å². The number of ether oxygens (including phenoxy) is 2. The number of hydrazone groups is 1. The fourth-order valence-electron chi connectivity index (χ4n) is 2.96. The van der Waals surface area contributed by atoms with Gasteiger partial charge in [0.25, 0.3) is 5.91 Å². The second-order valence-electron chi connectivity index (χ2n) is 6.70. The van der Waals surface area contributed by atoms with Crippen LogP contribution in [0, 0.1) is 0 Å². The third-order valence-electron chi connectivity index (χ3n) is 4.56. The predicted molar refractivity (Wildman–Crippen MR) is 132 cm³/mol. The predicted octanol–water partition coefficient (Wildman–Crippen LogP) is 6.15. The van der Waals surface area contributed by atoms with Crippen LogP contribution >= 0.6 is 27.3 Å². The van der Waals surface area contributed by atoms with Crippen LogP contribution in [0.15, 0.2) is 76.3 Å². The molecule has 1 aromatic heterocycles. The lowest BCUT2D eigenvalue weighted by Gasteiger charge is -2.14. The molecule has 0 saturated heterocycles. The number of carbonyl (C=O) groups is 1. The lowest BCUT2D eigenvalue weighted by atomic mass is 10.2. The molecule has 6 nitrogen and oxygen atoms in total. The number of aromatic nitrogens is 1. The zero-order valence-corrected chi connectivity index (χ0v) is 19.9. The molecular formula is C24H20BrN3O3S. The molecule has 0 unspecified atom stereocenters. The van der Waals surface area contributed by atoms with Gasteiger partial charge in [0.05, 0.1) is 30.1 Å². The van der Waals surface area contributed by atoms with Crippen LogP contribution < -0.4 is 14.5 Å². The van der Waals surface area contributed by atoms with Crippen LogP contribution in [0.4, 0.5) is 5.13 Å². The molecule has 4 aromatic rings. The van der Waals surface area contributed by atoms with Crippen molar-refractivity contribution in [3.63, 3.8) is 0 Å². The number of benzene rings is 3. The summed E-state index contributed by atoms with van der Waals surface area (Å²) in [4.78, 5) is 18.0. The van der Waals surface area contributed by atoms with Crippen molar-refractivity contribution in [3.05, 3.63) is 82.3 Å². The molecule has 4 rings (SSSR count). The van der Waals surface area contributed by atoms with Crippen molar-refractivity contribution in [3.8, 4) is 11.5 Å². The van der Waals surface area contributed by atoms with E-state index in [0.29, 0.717) is 23.1 Å². The van der Waals surface area contributed by atoms with Gasteiger partial charge in [-0.05, 0) is 79.2 Å². The number of fused-ring (bicyclic) bond motifs is 1. The molecule has 0 saturated carbocycles. The van der Waals surface area contributed by atoms with Gasteiger partial charge in [-0.2, -0.15) is 10.1 Å². The third-order valence-corrected chi connectivity index (χ3v) is 6.05. The van der Waals surface area contributed by atoms with Gasteiger partial charge in [-0.15, -0.1) is 0 Å². The fraction of sp³-hybridized carbons (Fsp3) is 0.125. The molecule has 0 N–H and O–H groups in total. The maximum atomic E-state index is 13.4. The number of nitrogens with zero attached hydrogens (tertiary/aromatic N) is 3. The second-order valence-corrected chi connectivity index (χ2v) is 8.63. The summed E-state index contributed by atoms with van der Waals surface area (Å²) in [6.07, 6.45) is 1.64. The molecule has 0 radical (unpaired) electrons. The van der Waals surface area contributed by atoms with Gasteiger partial charge >= 0.3 is 0 Å². The van der Waals surface area contributed by atoms with E-state index < -0.39 is 0 Å². The molecule has 162 valence electrons. The molecular weight excluding hydrogens is 490 g/mol. The summed E-state index contributed by atoms with van der Waals surface area (Å²) in [7, 11) is 1.59. The van der Waals surface area contributed by atoms with Crippen molar-refractivity contribution < 1.29 is 14.3 Å². The molecule has 32 heavy (non-hydrogen) atoms. The van der Waals surface area contributed by atoms with E-state index in [0.717, 1.165) is 26.0 Å². The van der Waals surface area contributed by atoms with E-state index >= 15 is 0 Å².